The molecule has 3 rings (SSSR count). The van der Waals surface area contributed by atoms with E-state index in [1.807, 2.05) is 50.3 Å². The zero-order valence-corrected chi connectivity index (χ0v) is 12.9. The van der Waals surface area contributed by atoms with E-state index in [9.17, 15) is 4.39 Å². The van der Waals surface area contributed by atoms with Crippen LogP contribution in [0.4, 0.5) is 15.8 Å². The van der Waals surface area contributed by atoms with Gasteiger partial charge in [-0.3, -0.25) is 0 Å². The molecule has 4 heteroatoms. The van der Waals surface area contributed by atoms with E-state index in [2.05, 4.69) is 16.4 Å². The van der Waals surface area contributed by atoms with Crippen molar-refractivity contribution in [2.24, 2.45) is 0 Å². The molecular formula is C18H18FN3. The summed E-state index contributed by atoms with van der Waals surface area (Å²) in [6.45, 7) is 0. The molecule has 0 bridgehead atoms. The lowest BCUT2D eigenvalue weighted by atomic mass is 10.1. The molecule has 1 N–H and O–H groups in total. The van der Waals surface area contributed by atoms with Gasteiger partial charge in [0.05, 0.1) is 11.2 Å². The minimum absolute atomic E-state index is 0.253. The second-order valence-electron chi connectivity index (χ2n) is 5.41. The van der Waals surface area contributed by atoms with Gasteiger partial charge in [-0.05, 0) is 36.4 Å². The van der Waals surface area contributed by atoms with Crippen LogP contribution in [0.15, 0.2) is 48.5 Å². The summed E-state index contributed by atoms with van der Waals surface area (Å²) >= 11 is 0. The predicted octanol–water partition coefficient (Wildman–Crippen LogP) is 4.15. The van der Waals surface area contributed by atoms with E-state index in [1.165, 1.54) is 12.1 Å². The Hall–Kier alpha value is -2.62. The molecule has 0 spiro atoms. The van der Waals surface area contributed by atoms with Crippen LogP contribution in [0.3, 0.4) is 0 Å². The molecule has 0 aliphatic heterocycles. The third kappa shape index (κ3) is 2.60. The van der Waals surface area contributed by atoms with Crippen molar-refractivity contribution in [1.82, 2.24) is 4.98 Å². The summed E-state index contributed by atoms with van der Waals surface area (Å²) in [5.74, 6) is -0.253. The van der Waals surface area contributed by atoms with Crippen molar-refractivity contribution < 1.29 is 4.39 Å². The molecular weight excluding hydrogens is 277 g/mol. The Morgan fingerprint density at radius 2 is 1.86 bits per heavy atom. The third-order valence-corrected chi connectivity index (χ3v) is 3.68. The maximum absolute atomic E-state index is 13.5. The molecule has 22 heavy (non-hydrogen) atoms. The molecule has 1 heterocycles. The molecule has 112 valence electrons. The number of hydrogen-bond acceptors (Lipinski definition) is 3. The first-order chi connectivity index (χ1) is 10.6. The van der Waals surface area contributed by atoms with Crippen molar-refractivity contribution in [1.29, 1.82) is 0 Å². The molecule has 2 aromatic carbocycles. The van der Waals surface area contributed by atoms with Gasteiger partial charge in [-0.2, -0.15) is 0 Å². The Labute approximate surface area is 129 Å². The summed E-state index contributed by atoms with van der Waals surface area (Å²) in [6, 6.07) is 14.6. The maximum Gasteiger partial charge on any atom is 0.123 e. The van der Waals surface area contributed by atoms with Gasteiger partial charge < -0.3 is 10.2 Å². The fourth-order valence-corrected chi connectivity index (χ4v) is 2.53. The highest BCUT2D eigenvalue weighted by Crippen LogP contribution is 2.31. The largest absolute Gasteiger partial charge is 0.388 e. The van der Waals surface area contributed by atoms with Gasteiger partial charge in [0.2, 0.25) is 0 Å². The fraction of sp³-hybridized carbons (Fsp3) is 0.167. The quantitative estimate of drug-likeness (QED) is 0.787. The molecule has 0 aliphatic carbocycles. The van der Waals surface area contributed by atoms with E-state index in [1.54, 1.807) is 6.07 Å². The highest BCUT2D eigenvalue weighted by atomic mass is 19.1. The third-order valence-electron chi connectivity index (χ3n) is 3.68. The zero-order valence-electron chi connectivity index (χ0n) is 12.9. The first kappa shape index (κ1) is 14.3. The lowest BCUT2D eigenvalue weighted by molar-refractivity contribution is 0.628. The van der Waals surface area contributed by atoms with Crippen LogP contribution in [0.25, 0.3) is 22.2 Å². The van der Waals surface area contributed by atoms with Crippen molar-refractivity contribution >= 4 is 22.3 Å². The molecule has 1 aromatic heterocycles. The van der Waals surface area contributed by atoms with E-state index < -0.39 is 0 Å². The average Bonchev–Trinajstić information content (AvgIpc) is 2.53. The Morgan fingerprint density at radius 3 is 2.55 bits per heavy atom. The summed E-state index contributed by atoms with van der Waals surface area (Å²) < 4.78 is 13.5. The van der Waals surface area contributed by atoms with Crippen molar-refractivity contribution in [3.63, 3.8) is 0 Å². The summed E-state index contributed by atoms with van der Waals surface area (Å²) in [6.07, 6.45) is 0. The van der Waals surface area contributed by atoms with E-state index in [0.717, 1.165) is 33.5 Å². The Balaban J connectivity index is 2.26. The van der Waals surface area contributed by atoms with Crippen LogP contribution in [0, 0.1) is 5.82 Å². The van der Waals surface area contributed by atoms with Crippen LogP contribution >= 0.6 is 0 Å². The number of hydrogen-bond donors (Lipinski definition) is 1. The second kappa shape index (κ2) is 5.64. The minimum atomic E-state index is -0.253. The number of halogens is 1. The SMILES string of the molecule is CNc1ccc2nc(-c3cccc(F)c3)cc(N(C)C)c2c1. The van der Waals surface area contributed by atoms with Gasteiger partial charge >= 0.3 is 0 Å². The van der Waals surface area contributed by atoms with E-state index in [4.69, 9.17) is 0 Å². The molecule has 0 fully saturated rings. The number of benzene rings is 2. The monoisotopic (exact) mass is 295 g/mol. The fourth-order valence-electron chi connectivity index (χ4n) is 2.53. The zero-order chi connectivity index (χ0) is 15.7. The van der Waals surface area contributed by atoms with Gasteiger partial charge in [-0.1, -0.05) is 12.1 Å². The van der Waals surface area contributed by atoms with Gasteiger partial charge in [0, 0.05) is 43.5 Å². The van der Waals surface area contributed by atoms with Crippen molar-refractivity contribution in [2.75, 3.05) is 31.4 Å². The van der Waals surface area contributed by atoms with Gasteiger partial charge in [-0.15, -0.1) is 0 Å². The summed E-state index contributed by atoms with van der Waals surface area (Å²) in [5.41, 5.74) is 4.54. The number of rotatable bonds is 3. The van der Waals surface area contributed by atoms with Crippen LogP contribution in [0.5, 0.6) is 0 Å². The minimum Gasteiger partial charge on any atom is -0.388 e. The van der Waals surface area contributed by atoms with Gasteiger partial charge in [0.1, 0.15) is 5.82 Å². The van der Waals surface area contributed by atoms with E-state index >= 15 is 0 Å². The number of nitrogens with one attached hydrogen (secondary N) is 1. The smallest absolute Gasteiger partial charge is 0.123 e. The van der Waals surface area contributed by atoms with Crippen molar-refractivity contribution in [3.05, 3.63) is 54.3 Å². The van der Waals surface area contributed by atoms with Crippen LogP contribution in [-0.2, 0) is 0 Å². The summed E-state index contributed by atoms with van der Waals surface area (Å²) in [7, 11) is 5.89. The number of pyridine rings is 1. The first-order valence-corrected chi connectivity index (χ1v) is 7.14. The first-order valence-electron chi connectivity index (χ1n) is 7.14. The normalized spacial score (nSPS) is 10.7. The van der Waals surface area contributed by atoms with Gasteiger partial charge in [0.15, 0.2) is 0 Å². The molecule has 3 aromatic rings. The molecule has 3 nitrogen and oxygen atoms in total. The Bertz CT molecular complexity index is 828. The topological polar surface area (TPSA) is 28.2 Å². The number of fused-ring (bicyclic) bond motifs is 1. The van der Waals surface area contributed by atoms with Crippen LogP contribution in [-0.4, -0.2) is 26.1 Å². The molecule has 0 aliphatic rings. The average molecular weight is 295 g/mol. The van der Waals surface area contributed by atoms with Crippen LogP contribution in [0.1, 0.15) is 0 Å². The lowest BCUT2D eigenvalue weighted by Crippen LogP contribution is -2.10. The highest BCUT2D eigenvalue weighted by molar-refractivity contribution is 5.96. The molecule has 0 amide bonds. The molecule has 0 radical (unpaired) electrons. The van der Waals surface area contributed by atoms with Crippen molar-refractivity contribution in [3.8, 4) is 11.3 Å². The number of nitrogens with zero attached hydrogens (tertiary/aromatic N) is 2. The molecule has 0 saturated carbocycles. The molecule has 0 saturated heterocycles. The van der Waals surface area contributed by atoms with Crippen LogP contribution < -0.4 is 10.2 Å². The summed E-state index contributed by atoms with van der Waals surface area (Å²) in [4.78, 5) is 6.73. The highest BCUT2D eigenvalue weighted by Gasteiger charge is 2.10. The second-order valence-corrected chi connectivity index (χ2v) is 5.41. The maximum atomic E-state index is 13.5. The van der Waals surface area contributed by atoms with E-state index in [0.29, 0.717) is 0 Å². The van der Waals surface area contributed by atoms with Crippen LogP contribution in [0.2, 0.25) is 0 Å². The predicted molar refractivity (Wildman–Crippen MR) is 91.0 cm³/mol. The Kier molecular flexibility index (Phi) is 3.67. The number of anilines is 2. The molecule has 0 atom stereocenters. The van der Waals surface area contributed by atoms with Crippen molar-refractivity contribution in [2.45, 2.75) is 0 Å². The van der Waals surface area contributed by atoms with Gasteiger partial charge in [-0.25, -0.2) is 9.37 Å². The van der Waals surface area contributed by atoms with Gasteiger partial charge in [0.25, 0.3) is 0 Å². The standard InChI is InChI=1S/C18H18FN3/c1-20-14-7-8-16-15(10-14)18(22(2)3)11-17(21-16)12-5-4-6-13(19)9-12/h4-11,20H,1-3H3. The number of aromatic nitrogens is 1. The van der Waals surface area contributed by atoms with E-state index in [-0.39, 0.29) is 5.82 Å². The Morgan fingerprint density at radius 1 is 1.05 bits per heavy atom. The lowest BCUT2D eigenvalue weighted by Gasteiger charge is -2.17. The summed E-state index contributed by atoms with van der Waals surface area (Å²) in [5, 5.41) is 4.21. The molecule has 0 unspecified atom stereocenters.